The minimum Gasteiger partial charge on any atom is -0.487 e. The second-order valence-corrected chi connectivity index (χ2v) is 11.4. The van der Waals surface area contributed by atoms with Crippen LogP contribution in [0.2, 0.25) is 0 Å². The fraction of sp³-hybridized carbons (Fsp3) is 0.220. The van der Waals surface area contributed by atoms with Crippen LogP contribution in [0.3, 0.4) is 0 Å². The van der Waals surface area contributed by atoms with Gasteiger partial charge in [-0.3, -0.25) is 0 Å². The van der Waals surface area contributed by atoms with Crippen LogP contribution in [-0.4, -0.2) is 31.0 Å². The third kappa shape index (κ3) is 9.03. The van der Waals surface area contributed by atoms with E-state index in [-0.39, 0.29) is 0 Å². The van der Waals surface area contributed by atoms with Crippen molar-refractivity contribution in [3.63, 3.8) is 0 Å². The van der Waals surface area contributed by atoms with E-state index < -0.39 is 24.4 Å². The van der Waals surface area contributed by atoms with Crippen LogP contribution in [0.1, 0.15) is 27.8 Å². The molecule has 4 atom stereocenters. The van der Waals surface area contributed by atoms with Crippen LogP contribution in [0, 0.1) is 0 Å². The fourth-order valence-corrected chi connectivity index (χ4v) is 5.54. The van der Waals surface area contributed by atoms with Gasteiger partial charge in [-0.15, -0.1) is 0 Å². The van der Waals surface area contributed by atoms with E-state index in [4.69, 9.17) is 23.7 Å². The average Bonchev–Trinajstić information content (AvgIpc) is 3.12. The Bertz CT molecular complexity index is 1590. The molecular formula is C41H40O5. The lowest BCUT2D eigenvalue weighted by atomic mass is 9.95. The maximum absolute atomic E-state index is 6.82. The van der Waals surface area contributed by atoms with Gasteiger partial charge in [-0.1, -0.05) is 152 Å². The second-order valence-electron chi connectivity index (χ2n) is 11.4. The van der Waals surface area contributed by atoms with Crippen molar-refractivity contribution in [1.82, 2.24) is 0 Å². The molecule has 46 heavy (non-hydrogen) atoms. The SMILES string of the molecule is C(=C1/OC(COCc2ccccc2)C(OCc2ccccc2)C(OCc2ccccc2)C1OCc1ccccc1)/c1ccccc1. The van der Waals surface area contributed by atoms with E-state index in [1.165, 1.54) is 0 Å². The molecule has 0 aliphatic carbocycles. The van der Waals surface area contributed by atoms with Gasteiger partial charge in [0.1, 0.15) is 24.1 Å². The van der Waals surface area contributed by atoms with Crippen molar-refractivity contribution in [3.05, 3.63) is 185 Å². The van der Waals surface area contributed by atoms with Gasteiger partial charge >= 0.3 is 0 Å². The molecule has 0 spiro atoms. The van der Waals surface area contributed by atoms with E-state index in [0.29, 0.717) is 38.8 Å². The van der Waals surface area contributed by atoms with E-state index in [1.54, 1.807) is 0 Å². The summed E-state index contributed by atoms with van der Waals surface area (Å²) in [5.74, 6) is 0.688. The molecule has 6 rings (SSSR count). The summed E-state index contributed by atoms with van der Waals surface area (Å²) in [5.41, 5.74) is 5.32. The average molecular weight is 613 g/mol. The predicted molar refractivity (Wildman–Crippen MR) is 180 cm³/mol. The van der Waals surface area contributed by atoms with Crippen LogP contribution >= 0.6 is 0 Å². The molecule has 1 fully saturated rings. The maximum atomic E-state index is 6.82. The molecule has 0 bridgehead atoms. The largest absolute Gasteiger partial charge is 0.487 e. The molecule has 0 amide bonds. The standard InChI is InChI=1S/C41H40O5/c1-6-16-32(17-7-1)26-37-39(43-28-34-20-10-3-11-21-34)41(45-30-36-24-14-5-15-25-36)40(44-29-35-22-12-4-13-23-35)38(46-37)31-42-27-33-18-8-2-9-19-33/h1-26,38-41H,27-31H2/b37-26-. The van der Waals surface area contributed by atoms with Crippen LogP contribution in [0.4, 0.5) is 0 Å². The van der Waals surface area contributed by atoms with Gasteiger partial charge in [0.25, 0.3) is 0 Å². The normalized spacial score (nSPS) is 20.3. The molecular weight excluding hydrogens is 572 g/mol. The summed E-state index contributed by atoms with van der Waals surface area (Å²) >= 11 is 0. The first-order valence-electron chi connectivity index (χ1n) is 15.8. The van der Waals surface area contributed by atoms with Crippen molar-refractivity contribution in [2.75, 3.05) is 6.61 Å². The van der Waals surface area contributed by atoms with Crippen molar-refractivity contribution in [2.24, 2.45) is 0 Å². The lowest BCUT2D eigenvalue weighted by Gasteiger charge is -2.43. The minimum absolute atomic E-state index is 0.317. The van der Waals surface area contributed by atoms with Crippen LogP contribution < -0.4 is 0 Å². The lowest BCUT2D eigenvalue weighted by molar-refractivity contribution is -0.222. The molecule has 5 heteroatoms. The third-order valence-electron chi connectivity index (χ3n) is 7.90. The topological polar surface area (TPSA) is 46.2 Å². The zero-order chi connectivity index (χ0) is 31.2. The van der Waals surface area contributed by atoms with Gasteiger partial charge < -0.3 is 23.7 Å². The van der Waals surface area contributed by atoms with E-state index in [1.807, 2.05) is 97.1 Å². The van der Waals surface area contributed by atoms with Crippen molar-refractivity contribution in [1.29, 1.82) is 0 Å². The summed E-state index contributed by atoms with van der Waals surface area (Å²) in [5, 5.41) is 0. The summed E-state index contributed by atoms with van der Waals surface area (Å²) in [7, 11) is 0. The molecule has 5 aromatic carbocycles. The molecule has 1 saturated heterocycles. The Morgan fingerprint density at radius 1 is 0.457 bits per heavy atom. The molecule has 0 radical (unpaired) electrons. The van der Waals surface area contributed by atoms with E-state index >= 15 is 0 Å². The summed E-state index contributed by atoms with van der Waals surface area (Å²) in [4.78, 5) is 0. The van der Waals surface area contributed by atoms with Gasteiger partial charge in [-0.05, 0) is 33.9 Å². The lowest BCUT2D eigenvalue weighted by Crippen LogP contribution is -2.56. The molecule has 0 aromatic heterocycles. The van der Waals surface area contributed by atoms with Gasteiger partial charge in [-0.25, -0.2) is 0 Å². The van der Waals surface area contributed by atoms with Crippen LogP contribution in [0.15, 0.2) is 157 Å². The molecule has 0 saturated carbocycles. The molecule has 5 nitrogen and oxygen atoms in total. The summed E-state index contributed by atoms with van der Waals surface area (Å²) in [6.45, 7) is 1.98. The molecule has 5 aromatic rings. The smallest absolute Gasteiger partial charge is 0.150 e. The third-order valence-corrected chi connectivity index (χ3v) is 7.90. The number of benzene rings is 5. The summed E-state index contributed by atoms with van der Waals surface area (Å²) < 4.78 is 33.4. The van der Waals surface area contributed by atoms with Crippen LogP contribution in [-0.2, 0) is 50.1 Å². The highest BCUT2D eigenvalue weighted by Crippen LogP contribution is 2.34. The Kier molecular flexibility index (Phi) is 11.4. The van der Waals surface area contributed by atoms with Gasteiger partial charge in [0, 0.05) is 0 Å². The number of ether oxygens (including phenoxy) is 5. The Balaban J connectivity index is 1.34. The number of rotatable bonds is 14. The van der Waals surface area contributed by atoms with E-state index in [0.717, 1.165) is 27.8 Å². The second kappa shape index (κ2) is 16.7. The molecule has 0 N–H and O–H groups in total. The Morgan fingerprint density at radius 3 is 1.37 bits per heavy atom. The molecule has 4 unspecified atom stereocenters. The fourth-order valence-electron chi connectivity index (χ4n) is 5.54. The molecule has 1 heterocycles. The van der Waals surface area contributed by atoms with Gasteiger partial charge in [-0.2, -0.15) is 0 Å². The van der Waals surface area contributed by atoms with E-state index in [2.05, 4.69) is 60.7 Å². The van der Waals surface area contributed by atoms with Crippen molar-refractivity contribution in [3.8, 4) is 0 Å². The molecule has 1 aliphatic heterocycles. The van der Waals surface area contributed by atoms with Crippen molar-refractivity contribution < 1.29 is 23.7 Å². The predicted octanol–water partition coefficient (Wildman–Crippen LogP) is 8.40. The quantitative estimate of drug-likeness (QED) is 0.126. The Labute approximate surface area is 272 Å². The highest BCUT2D eigenvalue weighted by atomic mass is 16.6. The molecule has 1 aliphatic rings. The first-order chi connectivity index (χ1) is 22.8. The summed E-state index contributed by atoms with van der Waals surface area (Å²) in [6, 6.07) is 50.9. The summed E-state index contributed by atoms with van der Waals surface area (Å²) in [6.07, 6.45) is 0.108. The number of hydrogen-bond donors (Lipinski definition) is 0. The van der Waals surface area contributed by atoms with Crippen LogP contribution in [0.25, 0.3) is 6.08 Å². The van der Waals surface area contributed by atoms with Gasteiger partial charge in [0.15, 0.2) is 6.10 Å². The highest BCUT2D eigenvalue weighted by Gasteiger charge is 2.46. The first kappa shape index (κ1) is 31.5. The zero-order valence-electron chi connectivity index (χ0n) is 25.9. The highest BCUT2D eigenvalue weighted by molar-refractivity contribution is 5.52. The Hall–Kier alpha value is -4.52. The van der Waals surface area contributed by atoms with Crippen molar-refractivity contribution in [2.45, 2.75) is 50.8 Å². The Morgan fingerprint density at radius 2 is 0.870 bits per heavy atom. The monoisotopic (exact) mass is 612 g/mol. The minimum atomic E-state index is -0.532. The van der Waals surface area contributed by atoms with Crippen LogP contribution in [0.5, 0.6) is 0 Å². The van der Waals surface area contributed by atoms with Gasteiger partial charge in [0.05, 0.1) is 33.0 Å². The van der Waals surface area contributed by atoms with E-state index in [9.17, 15) is 0 Å². The number of hydrogen-bond acceptors (Lipinski definition) is 5. The molecule has 234 valence electrons. The van der Waals surface area contributed by atoms with Crippen molar-refractivity contribution >= 4 is 6.08 Å². The zero-order valence-corrected chi connectivity index (χ0v) is 25.9. The van der Waals surface area contributed by atoms with Gasteiger partial charge in [0.2, 0.25) is 0 Å². The first-order valence-corrected chi connectivity index (χ1v) is 15.8. The maximum Gasteiger partial charge on any atom is 0.150 e.